The topological polar surface area (TPSA) is 376 Å². The molecule has 1 aromatic heterocycles. The average Bonchev–Trinajstić information content (AvgIpc) is 3.27. The van der Waals surface area contributed by atoms with Crippen molar-refractivity contribution in [2.45, 2.75) is 99.0 Å². The molecular weight excluding hydrogens is 872 g/mol. The minimum atomic E-state index is -2.02. The monoisotopic (exact) mass is 919 g/mol. The second kappa shape index (κ2) is 19.4. The molecule has 0 aliphatic carbocycles. The van der Waals surface area contributed by atoms with Crippen molar-refractivity contribution in [3.05, 3.63) is 66.2 Å². The number of aromatic hydroxyl groups is 5. The molecule has 23 nitrogen and oxygen atoms in total. The lowest BCUT2D eigenvalue weighted by atomic mass is 9.98. The lowest BCUT2D eigenvalue weighted by Crippen LogP contribution is -2.61. The summed E-state index contributed by atoms with van der Waals surface area (Å²) in [6.07, 6.45) is -23.3. The van der Waals surface area contributed by atoms with Crippen molar-refractivity contribution in [1.82, 2.24) is 0 Å². The largest absolute Gasteiger partial charge is 0.508 e. The number of ether oxygens (including phenoxy) is 7. The molecule has 352 valence electrons. The number of phenols is 5. The van der Waals surface area contributed by atoms with Gasteiger partial charge in [0.05, 0.1) is 24.3 Å². The van der Waals surface area contributed by atoms with Crippen LogP contribution in [0.2, 0.25) is 0 Å². The maximum Gasteiger partial charge on any atom is 0.402 e. The number of esters is 1. The standard InChI is InChI=1S/C42H46O23/c1-15-29(48)33(52)36(55)40(60-15)59-14-27-32(51)35(54)38(57)42(65-27)63-25-12-20-23(61-39(25)17-8-21(45)30(49)22(46)9-17)10-19(44)11-24(20)62-41-37(56)34(53)31(50)26(64-41)13-58-28(47)7-4-16-2-5-18(43)6-3-16/h2-12,15,26-27,29,31-38,40-42,48,50-57H,13-14H2,1H3,(H4-,43,44,45,46,47,49)/p+1. The van der Waals surface area contributed by atoms with E-state index in [1.165, 1.54) is 37.3 Å². The molecule has 3 fully saturated rings. The van der Waals surface area contributed by atoms with E-state index in [1.54, 1.807) is 0 Å². The van der Waals surface area contributed by atoms with Crippen LogP contribution in [0.1, 0.15) is 12.5 Å². The van der Waals surface area contributed by atoms with Crippen LogP contribution in [-0.2, 0) is 28.5 Å². The number of rotatable bonds is 12. The van der Waals surface area contributed by atoms with Crippen molar-refractivity contribution >= 4 is 23.0 Å². The van der Waals surface area contributed by atoms with Crippen LogP contribution in [0.15, 0.2) is 65.1 Å². The van der Waals surface area contributed by atoms with E-state index in [2.05, 4.69) is 0 Å². The van der Waals surface area contributed by atoms with Gasteiger partial charge in [0.2, 0.25) is 18.3 Å². The molecule has 7 rings (SSSR count). The highest BCUT2D eigenvalue weighted by Gasteiger charge is 2.49. The first-order valence-electron chi connectivity index (χ1n) is 19.9. The molecule has 0 radical (unpaired) electrons. The van der Waals surface area contributed by atoms with Crippen molar-refractivity contribution < 1.29 is 114 Å². The first kappa shape index (κ1) is 47.3. The van der Waals surface area contributed by atoms with Gasteiger partial charge in [0.15, 0.2) is 23.5 Å². The van der Waals surface area contributed by atoms with Crippen LogP contribution < -0.4 is 9.47 Å². The minimum absolute atomic E-state index is 0.0108. The Morgan fingerprint density at radius 3 is 1.78 bits per heavy atom. The van der Waals surface area contributed by atoms with Crippen molar-refractivity contribution in [1.29, 1.82) is 0 Å². The number of fused-ring (bicyclic) bond motifs is 1. The summed E-state index contributed by atoms with van der Waals surface area (Å²) in [7, 11) is 0. The predicted molar refractivity (Wildman–Crippen MR) is 214 cm³/mol. The molecule has 3 aliphatic heterocycles. The molecule has 4 aromatic rings. The molecule has 15 unspecified atom stereocenters. The van der Waals surface area contributed by atoms with Gasteiger partial charge in [-0.15, -0.1) is 0 Å². The zero-order chi connectivity index (χ0) is 47.0. The predicted octanol–water partition coefficient (Wildman–Crippen LogP) is -1.62. The Balaban J connectivity index is 1.17. The van der Waals surface area contributed by atoms with Crippen LogP contribution in [0.25, 0.3) is 28.4 Å². The zero-order valence-electron chi connectivity index (χ0n) is 33.9. The maximum absolute atomic E-state index is 12.5. The van der Waals surface area contributed by atoms with E-state index in [1.807, 2.05) is 0 Å². The Morgan fingerprint density at radius 2 is 1.17 bits per heavy atom. The highest BCUT2D eigenvalue weighted by Crippen LogP contribution is 2.45. The van der Waals surface area contributed by atoms with Crippen LogP contribution in [-0.4, -0.2) is 183 Å². The molecule has 3 aliphatic rings. The van der Waals surface area contributed by atoms with Gasteiger partial charge in [0.25, 0.3) is 0 Å². The first-order valence-corrected chi connectivity index (χ1v) is 19.9. The fourth-order valence-electron chi connectivity index (χ4n) is 7.15. The molecule has 23 heteroatoms. The van der Waals surface area contributed by atoms with Gasteiger partial charge >= 0.3 is 17.3 Å². The van der Waals surface area contributed by atoms with E-state index >= 15 is 0 Å². The van der Waals surface area contributed by atoms with E-state index < -0.39 is 146 Å². The average molecular weight is 920 g/mol. The van der Waals surface area contributed by atoms with Gasteiger partial charge in [-0.3, -0.25) is 0 Å². The van der Waals surface area contributed by atoms with Crippen molar-refractivity contribution in [3.63, 3.8) is 0 Å². The molecule has 65 heavy (non-hydrogen) atoms. The molecular formula is C42H47O23+. The maximum atomic E-state index is 12.5. The summed E-state index contributed by atoms with van der Waals surface area (Å²) < 4.78 is 45.7. The Morgan fingerprint density at radius 1 is 0.615 bits per heavy atom. The number of carbonyl (C=O) groups is 1. The molecule has 3 saturated heterocycles. The SMILES string of the molecule is CC1OC(OCC2OC(Oc3cc4c(OC5OC(COC(=O)C=Cc6ccc(O)cc6)C(O)C(O)C5O)cc(O)cc4[o+]c3-c3cc(O)c(O)c(O)c3)C(O)C(O)C2O)C(O)C(O)C1O. The van der Waals surface area contributed by atoms with Gasteiger partial charge in [-0.25, -0.2) is 9.21 Å². The van der Waals surface area contributed by atoms with Crippen LogP contribution in [0.3, 0.4) is 0 Å². The second-order valence-electron chi connectivity index (χ2n) is 15.5. The molecule has 0 saturated carbocycles. The lowest BCUT2D eigenvalue weighted by molar-refractivity contribution is -0.318. The van der Waals surface area contributed by atoms with Crippen LogP contribution in [0, 0.1) is 0 Å². The van der Waals surface area contributed by atoms with Gasteiger partial charge in [0.1, 0.15) is 96.4 Å². The molecule has 15 atom stereocenters. The van der Waals surface area contributed by atoms with Gasteiger partial charge in [-0.05, 0) is 30.7 Å². The lowest BCUT2D eigenvalue weighted by Gasteiger charge is -2.42. The number of carbonyl (C=O) groups excluding carboxylic acids is 1. The number of hydrogen-bond donors (Lipinski definition) is 14. The summed E-state index contributed by atoms with van der Waals surface area (Å²) in [6.45, 7) is 0.0944. The van der Waals surface area contributed by atoms with E-state index in [-0.39, 0.29) is 28.0 Å². The van der Waals surface area contributed by atoms with Crippen LogP contribution in [0.4, 0.5) is 0 Å². The third-order valence-electron chi connectivity index (χ3n) is 10.9. The quantitative estimate of drug-likeness (QED) is 0.0329. The Labute approximate surface area is 366 Å². The third-order valence-corrected chi connectivity index (χ3v) is 10.9. The molecule has 4 heterocycles. The van der Waals surface area contributed by atoms with E-state index in [0.717, 1.165) is 36.4 Å². The second-order valence-corrected chi connectivity index (χ2v) is 15.5. The summed E-state index contributed by atoms with van der Waals surface area (Å²) >= 11 is 0. The van der Waals surface area contributed by atoms with Crippen LogP contribution >= 0.6 is 0 Å². The summed E-state index contributed by atoms with van der Waals surface area (Å²) in [5, 5.41) is 147. The van der Waals surface area contributed by atoms with E-state index in [0.29, 0.717) is 5.56 Å². The Hall–Kier alpha value is -5.64. The van der Waals surface area contributed by atoms with Crippen molar-refractivity contribution in [3.8, 4) is 51.6 Å². The number of phenolic OH excluding ortho intramolecular Hbond substituents is 5. The summed E-state index contributed by atoms with van der Waals surface area (Å²) in [5.41, 5.74) is 0.124. The van der Waals surface area contributed by atoms with Crippen LogP contribution in [0.5, 0.6) is 40.2 Å². The van der Waals surface area contributed by atoms with Gasteiger partial charge < -0.3 is 105 Å². The number of aliphatic hydroxyl groups is 9. The Kier molecular flexibility index (Phi) is 14.2. The van der Waals surface area contributed by atoms with E-state index in [4.69, 9.17) is 37.6 Å². The molecule has 0 spiro atoms. The van der Waals surface area contributed by atoms with Crippen molar-refractivity contribution in [2.24, 2.45) is 0 Å². The highest BCUT2D eigenvalue weighted by molar-refractivity contribution is 5.89. The van der Waals surface area contributed by atoms with Gasteiger partial charge in [-0.1, -0.05) is 12.1 Å². The first-order chi connectivity index (χ1) is 30.8. The fraction of sp³-hybridized carbons (Fsp3) is 0.429. The zero-order valence-corrected chi connectivity index (χ0v) is 33.9. The fourth-order valence-corrected chi connectivity index (χ4v) is 7.15. The molecule has 0 amide bonds. The summed E-state index contributed by atoms with van der Waals surface area (Å²) in [6, 6.07) is 11.0. The van der Waals surface area contributed by atoms with Gasteiger partial charge in [-0.2, -0.15) is 0 Å². The third kappa shape index (κ3) is 10.1. The normalized spacial score (nSPS) is 32.9. The summed E-state index contributed by atoms with van der Waals surface area (Å²) in [5.74, 6) is -5.13. The molecule has 0 bridgehead atoms. The number of aliphatic hydroxyl groups excluding tert-OH is 9. The number of benzene rings is 3. The summed E-state index contributed by atoms with van der Waals surface area (Å²) in [4.78, 5) is 12.5. The van der Waals surface area contributed by atoms with Gasteiger partial charge in [0, 0.05) is 30.3 Å². The number of hydrogen-bond acceptors (Lipinski definition) is 22. The minimum Gasteiger partial charge on any atom is -0.508 e. The highest BCUT2D eigenvalue weighted by atomic mass is 16.7. The Bertz CT molecular complexity index is 2320. The van der Waals surface area contributed by atoms with E-state index in [9.17, 15) is 76.3 Å². The smallest absolute Gasteiger partial charge is 0.402 e. The van der Waals surface area contributed by atoms with Crippen molar-refractivity contribution in [2.75, 3.05) is 13.2 Å². The molecule has 3 aromatic carbocycles. The molecule has 14 N–H and O–H groups in total.